The van der Waals surface area contributed by atoms with Gasteiger partial charge in [-0.15, -0.1) is 0 Å². The number of amides is 1. The number of carbonyl (C=O) groups excluding carboxylic acids is 1. The highest BCUT2D eigenvalue weighted by atomic mass is 16.6. The monoisotopic (exact) mass is 307 g/mol. The summed E-state index contributed by atoms with van der Waals surface area (Å²) in [7, 11) is 1.35. The number of benzene rings is 1. The van der Waals surface area contributed by atoms with Gasteiger partial charge in [0, 0.05) is 36.3 Å². The molecule has 1 amide bonds. The second kappa shape index (κ2) is 6.74. The number of nitrogens with zero attached hydrogens (tertiary/aromatic N) is 2. The Morgan fingerprint density at radius 3 is 2.82 bits per heavy atom. The van der Waals surface area contributed by atoms with Crippen LogP contribution < -0.4 is 10.5 Å². The van der Waals surface area contributed by atoms with Crippen LogP contribution in [0.5, 0.6) is 5.75 Å². The summed E-state index contributed by atoms with van der Waals surface area (Å²) in [5.74, 6) is -0.0691. The van der Waals surface area contributed by atoms with Gasteiger partial charge in [-0.3, -0.25) is 14.9 Å². The van der Waals surface area contributed by atoms with E-state index in [0.717, 1.165) is 19.3 Å². The van der Waals surface area contributed by atoms with E-state index in [0.29, 0.717) is 12.1 Å². The molecule has 0 aliphatic carbocycles. The molecule has 7 heteroatoms. The fourth-order valence-corrected chi connectivity index (χ4v) is 2.88. The lowest BCUT2D eigenvalue weighted by molar-refractivity contribution is -0.385. The Morgan fingerprint density at radius 2 is 2.23 bits per heavy atom. The van der Waals surface area contributed by atoms with Crippen LogP contribution in [0.2, 0.25) is 0 Å². The lowest BCUT2D eigenvalue weighted by Gasteiger charge is -2.38. The molecule has 22 heavy (non-hydrogen) atoms. The Labute approximate surface area is 129 Å². The normalized spacial score (nSPS) is 19.6. The van der Waals surface area contributed by atoms with E-state index in [1.807, 2.05) is 6.92 Å². The van der Waals surface area contributed by atoms with Gasteiger partial charge < -0.3 is 15.4 Å². The highest BCUT2D eigenvalue weighted by Gasteiger charge is 2.30. The number of nitro groups is 1. The van der Waals surface area contributed by atoms with Gasteiger partial charge in [-0.2, -0.15) is 0 Å². The van der Waals surface area contributed by atoms with Gasteiger partial charge in [-0.05, 0) is 32.3 Å². The van der Waals surface area contributed by atoms with Gasteiger partial charge in [0.25, 0.3) is 5.91 Å². The first kappa shape index (κ1) is 16.2. The number of hydrogen-bond donors (Lipinski definition) is 1. The first-order valence-corrected chi connectivity index (χ1v) is 7.34. The largest absolute Gasteiger partial charge is 0.490 e. The van der Waals surface area contributed by atoms with Gasteiger partial charge in [0.1, 0.15) is 0 Å². The Bertz CT molecular complexity index is 574. The van der Waals surface area contributed by atoms with Gasteiger partial charge in [0.05, 0.1) is 12.0 Å². The van der Waals surface area contributed by atoms with Gasteiger partial charge >= 0.3 is 5.69 Å². The molecule has 1 heterocycles. The Hall–Kier alpha value is -2.15. The van der Waals surface area contributed by atoms with Crippen LogP contribution in [0.3, 0.4) is 0 Å². The van der Waals surface area contributed by atoms with Crippen molar-refractivity contribution in [2.75, 3.05) is 13.7 Å². The van der Waals surface area contributed by atoms with Crippen molar-refractivity contribution in [3.05, 3.63) is 33.9 Å². The van der Waals surface area contributed by atoms with Gasteiger partial charge in [0.2, 0.25) is 0 Å². The van der Waals surface area contributed by atoms with Crippen molar-refractivity contribution in [2.24, 2.45) is 5.73 Å². The van der Waals surface area contributed by atoms with Crippen LogP contribution in [0.1, 0.15) is 36.5 Å². The zero-order valence-electron chi connectivity index (χ0n) is 12.8. The number of nitro benzene ring substituents is 1. The molecule has 1 aliphatic heterocycles. The summed E-state index contributed by atoms with van der Waals surface area (Å²) in [6.45, 7) is 2.55. The standard InChI is InChI=1S/C15H21N3O4/c1-10(16)12-5-3-4-8-17(12)15(19)11-6-7-13(18(20)21)14(9-11)22-2/h6-7,9-10,12H,3-5,8,16H2,1-2H3. The molecule has 1 aromatic carbocycles. The maximum Gasteiger partial charge on any atom is 0.310 e. The number of piperidine rings is 1. The number of nitrogens with two attached hydrogens (primary N) is 1. The van der Waals surface area contributed by atoms with Crippen LogP contribution in [-0.2, 0) is 0 Å². The molecule has 2 atom stereocenters. The Kier molecular flexibility index (Phi) is 4.97. The van der Waals surface area contributed by atoms with Crippen LogP contribution in [0, 0.1) is 10.1 Å². The number of hydrogen-bond acceptors (Lipinski definition) is 5. The molecule has 2 N–H and O–H groups in total. The zero-order chi connectivity index (χ0) is 16.3. The first-order valence-electron chi connectivity index (χ1n) is 7.34. The van der Waals surface area contributed by atoms with Crippen molar-refractivity contribution in [2.45, 2.75) is 38.3 Å². The third-order valence-corrected chi connectivity index (χ3v) is 4.04. The van der Waals surface area contributed by atoms with Crippen molar-refractivity contribution >= 4 is 11.6 Å². The average molecular weight is 307 g/mol. The fraction of sp³-hybridized carbons (Fsp3) is 0.533. The van der Waals surface area contributed by atoms with Gasteiger partial charge in [-0.25, -0.2) is 0 Å². The maximum absolute atomic E-state index is 12.7. The van der Waals surface area contributed by atoms with Crippen LogP contribution in [0.15, 0.2) is 18.2 Å². The quantitative estimate of drug-likeness (QED) is 0.677. The van der Waals surface area contributed by atoms with E-state index in [2.05, 4.69) is 0 Å². The first-order chi connectivity index (χ1) is 10.5. The summed E-state index contributed by atoms with van der Waals surface area (Å²) in [5, 5.41) is 10.9. The molecule has 1 aromatic rings. The molecular formula is C15H21N3O4. The lowest BCUT2D eigenvalue weighted by Crippen LogP contribution is -2.51. The minimum absolute atomic E-state index is 0.00226. The van der Waals surface area contributed by atoms with Crippen molar-refractivity contribution in [3.8, 4) is 5.75 Å². The number of likely N-dealkylation sites (tertiary alicyclic amines) is 1. The molecule has 0 bridgehead atoms. The van der Waals surface area contributed by atoms with Crippen LogP contribution in [0.4, 0.5) is 5.69 Å². The molecule has 7 nitrogen and oxygen atoms in total. The molecule has 120 valence electrons. The molecule has 0 aromatic heterocycles. The second-order valence-electron chi connectivity index (χ2n) is 5.56. The topological polar surface area (TPSA) is 98.7 Å². The Morgan fingerprint density at radius 1 is 1.50 bits per heavy atom. The minimum Gasteiger partial charge on any atom is -0.490 e. The zero-order valence-corrected chi connectivity index (χ0v) is 12.8. The van der Waals surface area contributed by atoms with E-state index in [4.69, 9.17) is 10.5 Å². The number of methoxy groups -OCH3 is 1. The third-order valence-electron chi connectivity index (χ3n) is 4.04. The maximum atomic E-state index is 12.7. The molecule has 1 aliphatic rings. The number of carbonyl (C=O) groups is 1. The summed E-state index contributed by atoms with van der Waals surface area (Å²) in [5.41, 5.74) is 6.22. The minimum atomic E-state index is -0.529. The summed E-state index contributed by atoms with van der Waals surface area (Å²) in [6.07, 6.45) is 2.88. The summed E-state index contributed by atoms with van der Waals surface area (Å²) >= 11 is 0. The van der Waals surface area contributed by atoms with E-state index in [1.54, 1.807) is 4.90 Å². The highest BCUT2D eigenvalue weighted by molar-refractivity contribution is 5.95. The molecule has 2 rings (SSSR count). The summed E-state index contributed by atoms with van der Waals surface area (Å²) < 4.78 is 5.02. The smallest absolute Gasteiger partial charge is 0.310 e. The molecule has 0 saturated carbocycles. The molecule has 0 radical (unpaired) electrons. The predicted octanol–water partition coefficient (Wildman–Crippen LogP) is 1.95. The van der Waals surface area contributed by atoms with Crippen molar-refractivity contribution in [1.82, 2.24) is 4.90 Å². The Balaban J connectivity index is 2.30. The van der Waals surface area contributed by atoms with Gasteiger partial charge in [0.15, 0.2) is 5.75 Å². The van der Waals surface area contributed by atoms with E-state index in [1.165, 1.54) is 25.3 Å². The van der Waals surface area contributed by atoms with Crippen LogP contribution in [0.25, 0.3) is 0 Å². The third kappa shape index (κ3) is 3.19. The molecular weight excluding hydrogens is 286 g/mol. The van der Waals surface area contributed by atoms with Gasteiger partial charge in [-0.1, -0.05) is 0 Å². The van der Waals surface area contributed by atoms with Crippen molar-refractivity contribution < 1.29 is 14.5 Å². The fourth-order valence-electron chi connectivity index (χ4n) is 2.88. The predicted molar refractivity (Wildman–Crippen MR) is 82.0 cm³/mol. The molecule has 1 saturated heterocycles. The average Bonchev–Trinajstić information content (AvgIpc) is 2.53. The number of rotatable bonds is 4. The molecule has 0 spiro atoms. The second-order valence-corrected chi connectivity index (χ2v) is 5.56. The summed E-state index contributed by atoms with van der Waals surface area (Å²) in [4.78, 5) is 24.9. The van der Waals surface area contributed by atoms with E-state index in [-0.39, 0.29) is 29.4 Å². The van der Waals surface area contributed by atoms with E-state index in [9.17, 15) is 14.9 Å². The van der Waals surface area contributed by atoms with Crippen LogP contribution >= 0.6 is 0 Å². The molecule has 1 fully saturated rings. The van der Waals surface area contributed by atoms with E-state index < -0.39 is 4.92 Å². The van der Waals surface area contributed by atoms with Crippen molar-refractivity contribution in [1.29, 1.82) is 0 Å². The number of ether oxygens (including phenoxy) is 1. The van der Waals surface area contributed by atoms with Crippen molar-refractivity contribution in [3.63, 3.8) is 0 Å². The van der Waals surface area contributed by atoms with E-state index >= 15 is 0 Å². The van der Waals surface area contributed by atoms with Crippen LogP contribution in [-0.4, -0.2) is 41.5 Å². The SMILES string of the molecule is COc1cc(C(=O)N2CCCCC2C(C)N)ccc1[N+](=O)[O-]. The molecule has 2 unspecified atom stereocenters. The lowest BCUT2D eigenvalue weighted by atomic mass is 9.96. The summed E-state index contributed by atoms with van der Waals surface area (Å²) in [6, 6.07) is 4.09. The highest BCUT2D eigenvalue weighted by Crippen LogP contribution is 2.29.